The molecule has 1 unspecified atom stereocenters. The third-order valence-corrected chi connectivity index (χ3v) is 5.03. The molecule has 0 saturated carbocycles. The van der Waals surface area contributed by atoms with Crippen LogP contribution in [-0.2, 0) is 11.3 Å². The van der Waals surface area contributed by atoms with E-state index in [0.29, 0.717) is 0 Å². The summed E-state index contributed by atoms with van der Waals surface area (Å²) in [6, 6.07) is 10.1. The van der Waals surface area contributed by atoms with E-state index in [2.05, 4.69) is 27.9 Å². The van der Waals surface area contributed by atoms with E-state index >= 15 is 0 Å². The first kappa shape index (κ1) is 17.4. The lowest BCUT2D eigenvalue weighted by atomic mass is 9.90. The molecule has 6 heteroatoms. The number of thioether (sulfide) groups is 1. The van der Waals surface area contributed by atoms with E-state index in [1.807, 2.05) is 38.1 Å². The number of carbonyl (C=O) groups is 1. The molecular weight excluding hydrogens is 308 g/mol. The third kappa shape index (κ3) is 3.67. The number of carbonyl (C=O) groups excluding carboxylic acids is 1. The number of nitrogens with one attached hydrogen (secondary N) is 1. The number of aromatic nitrogens is 2. The zero-order valence-corrected chi connectivity index (χ0v) is 14.8. The lowest BCUT2D eigenvalue weighted by Gasteiger charge is -2.27. The number of nitriles is 1. The quantitative estimate of drug-likeness (QED) is 0.826. The fourth-order valence-electron chi connectivity index (χ4n) is 2.23. The predicted octanol–water partition coefficient (Wildman–Crippen LogP) is 3.20. The molecule has 1 aromatic heterocycles. The van der Waals surface area contributed by atoms with Gasteiger partial charge in [-0.15, -0.1) is 0 Å². The largest absolute Gasteiger partial charge is 0.337 e. The van der Waals surface area contributed by atoms with Crippen molar-refractivity contribution in [1.29, 1.82) is 5.26 Å². The van der Waals surface area contributed by atoms with Crippen molar-refractivity contribution in [2.24, 2.45) is 5.92 Å². The van der Waals surface area contributed by atoms with Crippen LogP contribution in [0.5, 0.6) is 0 Å². The van der Waals surface area contributed by atoms with E-state index in [4.69, 9.17) is 0 Å². The SMILES string of the molecule is CCn1c(SCC(=O)NC(C)(C#N)C(C)C)nc2ccccc21. The Morgan fingerprint density at radius 3 is 2.78 bits per heavy atom. The van der Waals surface area contributed by atoms with Gasteiger partial charge in [0.2, 0.25) is 5.91 Å². The number of nitrogens with zero attached hydrogens (tertiary/aromatic N) is 3. The topological polar surface area (TPSA) is 70.7 Å². The Bertz CT molecular complexity index is 747. The molecule has 0 spiro atoms. The van der Waals surface area contributed by atoms with Crippen LogP contribution in [0.15, 0.2) is 29.4 Å². The molecular formula is C17H22N4OS. The van der Waals surface area contributed by atoms with E-state index in [1.54, 1.807) is 6.92 Å². The zero-order valence-electron chi connectivity index (χ0n) is 14.0. The second-order valence-electron chi connectivity index (χ2n) is 5.93. The Hall–Kier alpha value is -2.00. The maximum absolute atomic E-state index is 12.2. The Kier molecular flexibility index (Phi) is 5.32. The van der Waals surface area contributed by atoms with E-state index in [1.165, 1.54) is 11.8 Å². The first-order valence-electron chi connectivity index (χ1n) is 7.71. The minimum Gasteiger partial charge on any atom is -0.337 e. The minimum atomic E-state index is -0.845. The van der Waals surface area contributed by atoms with Crippen LogP contribution in [0.4, 0.5) is 0 Å². The van der Waals surface area contributed by atoms with Crippen LogP contribution in [0.25, 0.3) is 11.0 Å². The van der Waals surface area contributed by atoms with Gasteiger partial charge in [-0.1, -0.05) is 37.7 Å². The van der Waals surface area contributed by atoms with Crippen molar-refractivity contribution in [1.82, 2.24) is 14.9 Å². The van der Waals surface area contributed by atoms with Crippen LogP contribution >= 0.6 is 11.8 Å². The number of aryl methyl sites for hydroxylation is 1. The summed E-state index contributed by atoms with van der Waals surface area (Å²) in [5.74, 6) is 0.136. The number of hydrogen-bond acceptors (Lipinski definition) is 4. The molecule has 2 rings (SSSR count). The van der Waals surface area contributed by atoms with Gasteiger partial charge in [-0.3, -0.25) is 4.79 Å². The van der Waals surface area contributed by atoms with Crippen LogP contribution < -0.4 is 5.32 Å². The third-order valence-electron chi connectivity index (χ3n) is 4.05. The van der Waals surface area contributed by atoms with Crippen molar-refractivity contribution in [3.63, 3.8) is 0 Å². The number of benzene rings is 1. The summed E-state index contributed by atoms with van der Waals surface area (Å²) >= 11 is 1.40. The highest BCUT2D eigenvalue weighted by Crippen LogP contribution is 2.24. The van der Waals surface area contributed by atoms with Gasteiger partial charge in [0, 0.05) is 6.54 Å². The maximum atomic E-state index is 12.2. The Balaban J connectivity index is 2.09. The average molecular weight is 330 g/mol. The molecule has 0 aliphatic carbocycles. The summed E-state index contributed by atoms with van der Waals surface area (Å²) in [5, 5.41) is 12.9. The van der Waals surface area contributed by atoms with Gasteiger partial charge >= 0.3 is 0 Å². The molecule has 0 bridgehead atoms. The van der Waals surface area contributed by atoms with E-state index in [9.17, 15) is 10.1 Å². The molecule has 1 atom stereocenters. The molecule has 0 fully saturated rings. The Labute approximate surface area is 141 Å². The summed E-state index contributed by atoms with van der Waals surface area (Å²) < 4.78 is 2.10. The first-order chi connectivity index (χ1) is 10.9. The molecule has 23 heavy (non-hydrogen) atoms. The fraction of sp³-hybridized carbons (Fsp3) is 0.471. The molecule has 2 aromatic rings. The first-order valence-corrected chi connectivity index (χ1v) is 8.70. The van der Waals surface area contributed by atoms with E-state index in [0.717, 1.165) is 22.7 Å². The molecule has 1 aromatic carbocycles. The van der Waals surface area contributed by atoms with Gasteiger partial charge in [-0.05, 0) is 31.9 Å². The van der Waals surface area contributed by atoms with Crippen molar-refractivity contribution < 1.29 is 4.79 Å². The summed E-state index contributed by atoms with van der Waals surface area (Å²) in [4.78, 5) is 16.8. The number of para-hydroxylation sites is 2. The zero-order chi connectivity index (χ0) is 17.0. The van der Waals surface area contributed by atoms with Gasteiger partial charge in [0.1, 0.15) is 5.54 Å². The number of imidazole rings is 1. The predicted molar refractivity (Wildman–Crippen MR) is 93.1 cm³/mol. The van der Waals surface area contributed by atoms with Gasteiger partial charge < -0.3 is 9.88 Å². The van der Waals surface area contributed by atoms with Crippen molar-refractivity contribution in [3.05, 3.63) is 24.3 Å². The molecule has 0 aliphatic heterocycles. The van der Waals surface area contributed by atoms with Gasteiger partial charge in [-0.25, -0.2) is 4.98 Å². The second-order valence-corrected chi connectivity index (χ2v) is 6.88. The van der Waals surface area contributed by atoms with Gasteiger partial charge in [0.05, 0.1) is 22.9 Å². The highest BCUT2D eigenvalue weighted by Gasteiger charge is 2.30. The molecule has 122 valence electrons. The Morgan fingerprint density at radius 1 is 1.48 bits per heavy atom. The van der Waals surface area contributed by atoms with Crippen molar-refractivity contribution in [3.8, 4) is 6.07 Å². The molecule has 0 radical (unpaired) electrons. The van der Waals surface area contributed by atoms with E-state index in [-0.39, 0.29) is 17.6 Å². The number of hydrogen-bond donors (Lipinski definition) is 1. The number of fused-ring (bicyclic) bond motifs is 1. The summed E-state index contributed by atoms with van der Waals surface area (Å²) in [7, 11) is 0. The smallest absolute Gasteiger partial charge is 0.231 e. The summed E-state index contributed by atoms with van der Waals surface area (Å²) in [6.07, 6.45) is 0. The van der Waals surface area contributed by atoms with Crippen molar-refractivity contribution in [2.75, 3.05) is 5.75 Å². The van der Waals surface area contributed by atoms with E-state index < -0.39 is 5.54 Å². The second kappa shape index (κ2) is 7.05. The van der Waals surface area contributed by atoms with Crippen LogP contribution in [0.2, 0.25) is 0 Å². The summed E-state index contributed by atoms with van der Waals surface area (Å²) in [5.41, 5.74) is 1.16. The molecule has 0 aliphatic rings. The van der Waals surface area contributed by atoms with Crippen LogP contribution in [0, 0.1) is 17.2 Å². The van der Waals surface area contributed by atoms with Gasteiger partial charge in [0.25, 0.3) is 0 Å². The van der Waals surface area contributed by atoms with Gasteiger partial charge in [0.15, 0.2) is 5.16 Å². The highest BCUT2D eigenvalue weighted by atomic mass is 32.2. The minimum absolute atomic E-state index is 0.0432. The van der Waals surface area contributed by atoms with Gasteiger partial charge in [-0.2, -0.15) is 5.26 Å². The molecule has 1 N–H and O–H groups in total. The van der Waals surface area contributed by atoms with Crippen LogP contribution in [-0.4, -0.2) is 26.8 Å². The fourth-order valence-corrected chi connectivity index (χ4v) is 3.10. The molecule has 1 amide bonds. The normalized spacial score (nSPS) is 13.7. The molecule has 0 saturated heterocycles. The van der Waals surface area contributed by atoms with Crippen LogP contribution in [0.1, 0.15) is 27.7 Å². The molecule has 5 nitrogen and oxygen atoms in total. The average Bonchev–Trinajstić information content (AvgIpc) is 2.90. The Morgan fingerprint density at radius 2 is 2.17 bits per heavy atom. The maximum Gasteiger partial charge on any atom is 0.231 e. The van der Waals surface area contributed by atoms with Crippen LogP contribution in [0.3, 0.4) is 0 Å². The summed E-state index contributed by atoms with van der Waals surface area (Å²) in [6.45, 7) is 8.46. The number of rotatable bonds is 6. The van der Waals surface area contributed by atoms with Crippen molar-refractivity contribution >= 4 is 28.7 Å². The lowest BCUT2D eigenvalue weighted by molar-refractivity contribution is -0.120. The monoisotopic (exact) mass is 330 g/mol. The highest BCUT2D eigenvalue weighted by molar-refractivity contribution is 7.99. The standard InChI is InChI=1S/C17H22N4OS/c1-5-21-14-9-7-6-8-13(14)19-16(21)23-10-15(22)20-17(4,11-18)12(2)3/h6-9,12H,5,10H2,1-4H3,(H,20,22). The molecule has 1 heterocycles. The number of amides is 1. The lowest BCUT2D eigenvalue weighted by Crippen LogP contribution is -2.49. The van der Waals surface area contributed by atoms with Crippen molar-refractivity contribution in [2.45, 2.75) is 44.9 Å².